The molecule has 1 amide bonds. The maximum atomic E-state index is 12.8. The molecule has 0 saturated carbocycles. The van der Waals surface area contributed by atoms with Crippen molar-refractivity contribution in [2.75, 3.05) is 18.0 Å². The SMILES string of the molecule is Cc1nc2c(-c3ccc4nn(C)cc4c3Cl)[nH]nc2nc1N1C2CCCC1CN(C(=O)OC(C)(C)C)C2. The third-order valence-corrected chi connectivity index (χ3v) is 7.57. The van der Waals surface area contributed by atoms with Gasteiger partial charge >= 0.3 is 6.09 Å². The van der Waals surface area contributed by atoms with Crippen LogP contribution in [-0.4, -0.2) is 71.7 Å². The number of anilines is 1. The Balaban J connectivity index is 1.34. The van der Waals surface area contributed by atoms with Crippen LogP contribution in [0.1, 0.15) is 45.7 Å². The number of aromatic nitrogens is 6. The molecule has 0 spiro atoms. The lowest BCUT2D eigenvalue weighted by Crippen LogP contribution is -2.63. The van der Waals surface area contributed by atoms with E-state index >= 15 is 0 Å². The van der Waals surface area contributed by atoms with Gasteiger partial charge in [-0.3, -0.25) is 9.78 Å². The van der Waals surface area contributed by atoms with Gasteiger partial charge in [-0.15, -0.1) is 0 Å². The highest BCUT2D eigenvalue weighted by atomic mass is 35.5. The average Bonchev–Trinajstić information content (AvgIpc) is 3.40. The molecule has 4 aromatic rings. The second-order valence-corrected chi connectivity index (χ2v) is 11.5. The number of hydrogen-bond donors (Lipinski definition) is 1. The predicted octanol–water partition coefficient (Wildman–Crippen LogP) is 4.85. The van der Waals surface area contributed by atoms with Crippen LogP contribution in [0.2, 0.25) is 5.02 Å². The Kier molecular flexibility index (Phi) is 5.56. The van der Waals surface area contributed by atoms with Crippen LogP contribution < -0.4 is 4.90 Å². The minimum Gasteiger partial charge on any atom is -0.444 e. The number of ether oxygens (including phenoxy) is 1. The highest BCUT2D eigenvalue weighted by Gasteiger charge is 2.41. The van der Waals surface area contributed by atoms with Crippen molar-refractivity contribution >= 4 is 45.6 Å². The van der Waals surface area contributed by atoms with Crippen molar-refractivity contribution in [1.82, 2.24) is 34.8 Å². The number of halogens is 1. The zero-order chi connectivity index (χ0) is 26.1. The van der Waals surface area contributed by atoms with Crippen LogP contribution >= 0.6 is 11.6 Å². The van der Waals surface area contributed by atoms with E-state index in [1.807, 2.05) is 58.0 Å². The van der Waals surface area contributed by atoms with E-state index in [9.17, 15) is 4.79 Å². The molecule has 2 atom stereocenters. The van der Waals surface area contributed by atoms with Gasteiger partial charge in [-0.1, -0.05) is 11.6 Å². The second kappa shape index (κ2) is 8.58. The van der Waals surface area contributed by atoms with Crippen molar-refractivity contribution < 1.29 is 9.53 Å². The molecule has 11 heteroatoms. The molecule has 2 aliphatic rings. The van der Waals surface area contributed by atoms with Crippen LogP contribution in [0.3, 0.4) is 0 Å². The Morgan fingerprint density at radius 1 is 1.16 bits per heavy atom. The molecule has 3 aromatic heterocycles. The van der Waals surface area contributed by atoms with E-state index in [-0.39, 0.29) is 18.2 Å². The maximum absolute atomic E-state index is 12.8. The Labute approximate surface area is 219 Å². The molecule has 2 fully saturated rings. The van der Waals surface area contributed by atoms with Crippen LogP contribution in [0.25, 0.3) is 33.3 Å². The largest absolute Gasteiger partial charge is 0.444 e. The van der Waals surface area contributed by atoms with Gasteiger partial charge in [0, 0.05) is 49.4 Å². The second-order valence-electron chi connectivity index (χ2n) is 11.1. The fraction of sp³-hybridized carbons (Fsp3) is 0.500. The summed E-state index contributed by atoms with van der Waals surface area (Å²) in [5.41, 5.74) is 3.93. The standard InChI is InChI=1S/C26H31ClN8O2/c1-14-24(35-15-7-6-8-16(35)12-34(11-15)25(36)37-26(2,3)4)29-23-22(28-14)21(30-31-23)17-9-10-19-18(20(17)27)13-33(5)32-19/h9-10,13,15-16H,6-8,11-12H2,1-5H3,(H,29,30,31). The van der Waals surface area contributed by atoms with E-state index in [1.165, 1.54) is 0 Å². The molecule has 6 rings (SSSR count). The quantitative estimate of drug-likeness (QED) is 0.401. The molecular weight excluding hydrogens is 492 g/mol. The summed E-state index contributed by atoms with van der Waals surface area (Å²) in [7, 11) is 1.88. The van der Waals surface area contributed by atoms with Gasteiger partial charge in [0.1, 0.15) is 11.1 Å². The molecule has 2 aliphatic heterocycles. The van der Waals surface area contributed by atoms with E-state index in [1.54, 1.807) is 4.68 Å². The number of piperazine rings is 1. The van der Waals surface area contributed by atoms with Crippen molar-refractivity contribution in [1.29, 1.82) is 0 Å². The fourth-order valence-corrected chi connectivity index (χ4v) is 5.94. The summed E-state index contributed by atoms with van der Waals surface area (Å²) in [4.78, 5) is 26.9. The van der Waals surface area contributed by atoms with Gasteiger partial charge < -0.3 is 14.5 Å². The summed E-state index contributed by atoms with van der Waals surface area (Å²) >= 11 is 6.78. The van der Waals surface area contributed by atoms with Gasteiger partial charge in [0.15, 0.2) is 5.82 Å². The van der Waals surface area contributed by atoms with Gasteiger partial charge in [-0.2, -0.15) is 10.2 Å². The van der Waals surface area contributed by atoms with E-state index in [4.69, 9.17) is 26.3 Å². The zero-order valence-corrected chi connectivity index (χ0v) is 22.5. The number of fused-ring (bicyclic) bond motifs is 4. The number of benzene rings is 1. The Hall–Kier alpha value is -3.40. The number of amides is 1. The van der Waals surface area contributed by atoms with Crippen molar-refractivity contribution in [3.63, 3.8) is 0 Å². The van der Waals surface area contributed by atoms with Gasteiger partial charge in [-0.25, -0.2) is 14.8 Å². The number of piperidine rings is 1. The Morgan fingerprint density at radius 2 is 1.89 bits per heavy atom. The zero-order valence-electron chi connectivity index (χ0n) is 21.7. The van der Waals surface area contributed by atoms with Gasteiger partial charge in [0.05, 0.1) is 21.9 Å². The maximum Gasteiger partial charge on any atom is 0.410 e. The number of carbonyl (C=O) groups is 1. The molecule has 2 unspecified atom stereocenters. The highest BCUT2D eigenvalue weighted by Crippen LogP contribution is 2.38. The lowest BCUT2D eigenvalue weighted by Gasteiger charge is -2.50. The predicted molar refractivity (Wildman–Crippen MR) is 143 cm³/mol. The minimum absolute atomic E-state index is 0.159. The first kappa shape index (κ1) is 24.0. The summed E-state index contributed by atoms with van der Waals surface area (Å²) in [5.74, 6) is 0.831. The molecule has 10 nitrogen and oxygen atoms in total. The number of nitrogens with zero attached hydrogens (tertiary/aromatic N) is 7. The normalized spacial score (nSPS) is 20.2. The van der Waals surface area contributed by atoms with Crippen LogP contribution in [0.5, 0.6) is 0 Å². The van der Waals surface area contributed by atoms with Crippen molar-refractivity contribution in [2.45, 2.75) is 64.6 Å². The highest BCUT2D eigenvalue weighted by molar-refractivity contribution is 6.38. The molecule has 1 N–H and O–H groups in total. The number of aryl methyl sites for hydroxylation is 2. The first-order chi connectivity index (χ1) is 17.6. The third-order valence-electron chi connectivity index (χ3n) is 7.16. The third kappa shape index (κ3) is 4.17. The van der Waals surface area contributed by atoms with Gasteiger partial charge in [-0.05, 0) is 59.1 Å². The minimum atomic E-state index is -0.515. The first-order valence-corrected chi connectivity index (χ1v) is 13.1. The molecule has 1 aromatic carbocycles. The lowest BCUT2D eigenvalue weighted by atomic mass is 9.91. The Bertz CT molecular complexity index is 1510. The fourth-order valence-electron chi connectivity index (χ4n) is 5.64. The summed E-state index contributed by atoms with van der Waals surface area (Å²) in [5, 5.41) is 13.5. The van der Waals surface area contributed by atoms with Crippen LogP contribution in [0.15, 0.2) is 18.3 Å². The summed E-state index contributed by atoms with van der Waals surface area (Å²) in [6, 6.07) is 4.21. The number of hydrogen-bond acceptors (Lipinski definition) is 7. The van der Waals surface area contributed by atoms with Crippen molar-refractivity contribution in [2.24, 2.45) is 7.05 Å². The topological polar surface area (TPSA) is 105 Å². The Morgan fingerprint density at radius 3 is 2.59 bits per heavy atom. The summed E-state index contributed by atoms with van der Waals surface area (Å²) in [6.45, 7) is 8.90. The smallest absolute Gasteiger partial charge is 0.410 e. The van der Waals surface area contributed by atoms with Crippen LogP contribution in [0.4, 0.5) is 10.6 Å². The van der Waals surface area contributed by atoms with E-state index in [0.29, 0.717) is 29.3 Å². The van der Waals surface area contributed by atoms with Crippen LogP contribution in [0, 0.1) is 6.92 Å². The average molecular weight is 523 g/mol. The lowest BCUT2D eigenvalue weighted by molar-refractivity contribution is 0.0154. The van der Waals surface area contributed by atoms with E-state index in [2.05, 4.69) is 20.2 Å². The van der Waals surface area contributed by atoms with Crippen molar-refractivity contribution in [3.8, 4) is 11.3 Å². The molecule has 0 aliphatic carbocycles. The van der Waals surface area contributed by atoms with Gasteiger partial charge in [0.2, 0.25) is 5.65 Å². The number of carbonyl (C=O) groups excluding carboxylic acids is 1. The summed E-state index contributed by atoms with van der Waals surface area (Å²) < 4.78 is 7.41. The molecule has 2 bridgehead atoms. The number of nitrogens with one attached hydrogen (secondary N) is 1. The monoisotopic (exact) mass is 522 g/mol. The molecule has 194 valence electrons. The molecule has 5 heterocycles. The molecule has 2 saturated heterocycles. The molecule has 37 heavy (non-hydrogen) atoms. The number of likely N-dealkylation sites (tertiary alicyclic amines) is 1. The van der Waals surface area contributed by atoms with E-state index < -0.39 is 5.60 Å². The number of H-pyrrole nitrogens is 1. The van der Waals surface area contributed by atoms with Crippen molar-refractivity contribution in [3.05, 3.63) is 29.0 Å². The number of aromatic amines is 1. The number of rotatable bonds is 2. The first-order valence-electron chi connectivity index (χ1n) is 12.7. The summed E-state index contributed by atoms with van der Waals surface area (Å²) in [6.07, 6.45) is 4.76. The molecular formula is C26H31ClN8O2. The molecule has 0 radical (unpaired) electrons. The van der Waals surface area contributed by atoms with E-state index in [0.717, 1.165) is 52.9 Å². The van der Waals surface area contributed by atoms with Crippen LogP contribution in [-0.2, 0) is 11.8 Å². The van der Waals surface area contributed by atoms with Gasteiger partial charge in [0.25, 0.3) is 0 Å².